The van der Waals surface area contributed by atoms with Gasteiger partial charge in [-0.1, -0.05) is 6.07 Å². The molecule has 1 heterocycles. The first-order valence-corrected chi connectivity index (χ1v) is 5.17. The highest BCUT2D eigenvalue weighted by Crippen LogP contribution is 2.14. The number of amides is 1. The first kappa shape index (κ1) is 11.1. The monoisotopic (exact) mass is 228 g/mol. The van der Waals surface area contributed by atoms with E-state index >= 15 is 0 Å². The number of nitrogens with zero attached hydrogens (tertiary/aromatic N) is 4. The van der Waals surface area contributed by atoms with Gasteiger partial charge < -0.3 is 9.47 Å². The van der Waals surface area contributed by atoms with Crippen molar-refractivity contribution in [2.45, 2.75) is 6.54 Å². The van der Waals surface area contributed by atoms with Gasteiger partial charge in [0.15, 0.2) is 6.07 Å². The summed E-state index contributed by atoms with van der Waals surface area (Å²) in [5, 5.41) is 8.50. The number of carbonyl (C=O) groups excluding carboxylic acids is 1. The van der Waals surface area contributed by atoms with Gasteiger partial charge >= 0.3 is 5.91 Å². The van der Waals surface area contributed by atoms with Crippen molar-refractivity contribution < 1.29 is 4.79 Å². The zero-order valence-corrected chi connectivity index (χ0v) is 9.71. The van der Waals surface area contributed by atoms with Crippen molar-refractivity contribution in [2.24, 2.45) is 7.05 Å². The molecule has 1 aromatic heterocycles. The molecule has 1 amide bonds. The van der Waals surface area contributed by atoms with E-state index in [0.717, 1.165) is 16.6 Å². The fourth-order valence-electron chi connectivity index (χ4n) is 1.71. The van der Waals surface area contributed by atoms with Crippen LogP contribution in [0.1, 0.15) is 5.56 Å². The maximum atomic E-state index is 11.1. The van der Waals surface area contributed by atoms with Crippen LogP contribution in [0.4, 0.5) is 0 Å². The standard InChI is InChI=1S/C12H12N4O/c1-15(12(17)6-13)7-9-3-4-11-10(5-9)14-8-16(11)2/h3-5,8H,7H2,1-2H3. The molecule has 5 heteroatoms. The van der Waals surface area contributed by atoms with Crippen molar-refractivity contribution in [1.82, 2.24) is 14.5 Å². The molecule has 0 bridgehead atoms. The van der Waals surface area contributed by atoms with E-state index in [1.54, 1.807) is 19.4 Å². The van der Waals surface area contributed by atoms with Crippen LogP contribution in [0.5, 0.6) is 0 Å². The Balaban J connectivity index is 2.26. The van der Waals surface area contributed by atoms with E-state index in [9.17, 15) is 4.79 Å². The van der Waals surface area contributed by atoms with Gasteiger partial charge in [-0.2, -0.15) is 5.26 Å². The normalized spacial score (nSPS) is 10.2. The molecule has 86 valence electrons. The van der Waals surface area contributed by atoms with Gasteiger partial charge in [-0.25, -0.2) is 4.98 Å². The highest BCUT2D eigenvalue weighted by atomic mass is 16.2. The van der Waals surface area contributed by atoms with Gasteiger partial charge in [0.05, 0.1) is 17.4 Å². The third kappa shape index (κ3) is 2.11. The van der Waals surface area contributed by atoms with Crippen molar-refractivity contribution in [3.63, 3.8) is 0 Å². The van der Waals surface area contributed by atoms with Crippen LogP contribution in [0.3, 0.4) is 0 Å². The summed E-state index contributed by atoms with van der Waals surface area (Å²) in [6, 6.07) is 7.42. The lowest BCUT2D eigenvalue weighted by molar-refractivity contribution is -0.124. The molecule has 0 spiro atoms. The number of imidazole rings is 1. The molecule has 0 aliphatic rings. The summed E-state index contributed by atoms with van der Waals surface area (Å²) in [6.07, 6.45) is 1.75. The van der Waals surface area contributed by atoms with Gasteiger partial charge in [0, 0.05) is 20.6 Å². The summed E-state index contributed by atoms with van der Waals surface area (Å²) >= 11 is 0. The van der Waals surface area contributed by atoms with Crippen LogP contribution >= 0.6 is 0 Å². The highest BCUT2D eigenvalue weighted by molar-refractivity contribution is 5.91. The number of benzene rings is 1. The first-order valence-electron chi connectivity index (χ1n) is 5.17. The minimum atomic E-state index is -0.536. The molecule has 1 aromatic carbocycles. The minimum Gasteiger partial charge on any atom is -0.334 e. The first-order chi connectivity index (χ1) is 8.11. The largest absolute Gasteiger partial charge is 0.334 e. The molecule has 0 N–H and O–H groups in total. The third-order valence-electron chi connectivity index (χ3n) is 2.65. The Hall–Kier alpha value is -2.35. The molecule has 0 fully saturated rings. The van der Waals surface area contributed by atoms with Crippen LogP contribution in [0.25, 0.3) is 11.0 Å². The number of fused-ring (bicyclic) bond motifs is 1. The fraction of sp³-hybridized carbons (Fsp3) is 0.250. The van der Waals surface area contributed by atoms with Crippen LogP contribution in [0.15, 0.2) is 24.5 Å². The molecular weight excluding hydrogens is 216 g/mol. The van der Waals surface area contributed by atoms with Crippen molar-refractivity contribution in [2.75, 3.05) is 7.05 Å². The average Bonchev–Trinajstić information content (AvgIpc) is 2.69. The summed E-state index contributed by atoms with van der Waals surface area (Å²) in [5.41, 5.74) is 2.90. The number of hydrogen-bond acceptors (Lipinski definition) is 3. The van der Waals surface area contributed by atoms with Crippen LogP contribution in [0.2, 0.25) is 0 Å². The Morgan fingerprint density at radius 1 is 1.59 bits per heavy atom. The smallest absolute Gasteiger partial charge is 0.325 e. The Labute approximate surface area is 98.9 Å². The second kappa shape index (κ2) is 4.26. The van der Waals surface area contributed by atoms with Crippen molar-refractivity contribution >= 4 is 16.9 Å². The Morgan fingerprint density at radius 3 is 3.06 bits per heavy atom. The highest BCUT2D eigenvalue weighted by Gasteiger charge is 2.08. The topological polar surface area (TPSA) is 61.9 Å². The number of hydrogen-bond donors (Lipinski definition) is 0. The summed E-state index contributed by atoms with van der Waals surface area (Å²) in [4.78, 5) is 16.8. The number of aromatic nitrogens is 2. The Morgan fingerprint density at radius 2 is 2.35 bits per heavy atom. The van der Waals surface area contributed by atoms with Crippen molar-refractivity contribution in [3.05, 3.63) is 30.1 Å². The molecule has 0 saturated carbocycles. The average molecular weight is 228 g/mol. The van der Waals surface area contributed by atoms with Gasteiger partial charge in [0.2, 0.25) is 0 Å². The molecule has 0 unspecified atom stereocenters. The van der Waals surface area contributed by atoms with E-state index in [4.69, 9.17) is 5.26 Å². The van der Waals surface area contributed by atoms with Gasteiger partial charge in [-0.15, -0.1) is 0 Å². The molecule has 2 rings (SSSR count). The second-order valence-electron chi connectivity index (χ2n) is 3.95. The van der Waals surface area contributed by atoms with Gasteiger partial charge in [0.25, 0.3) is 0 Å². The summed E-state index contributed by atoms with van der Waals surface area (Å²) in [5.74, 6) is -0.536. The molecule has 2 aromatic rings. The zero-order valence-electron chi connectivity index (χ0n) is 9.71. The molecule has 0 aliphatic carbocycles. The lowest BCUT2D eigenvalue weighted by Crippen LogP contribution is -2.24. The van der Waals surface area contributed by atoms with Gasteiger partial charge in [0.1, 0.15) is 0 Å². The van der Waals surface area contributed by atoms with Crippen LogP contribution in [-0.4, -0.2) is 27.4 Å². The molecule has 0 radical (unpaired) electrons. The SMILES string of the molecule is CN(Cc1ccc2c(c1)ncn2C)C(=O)C#N. The van der Waals surface area contributed by atoms with E-state index in [1.807, 2.05) is 29.8 Å². The van der Waals surface area contributed by atoms with Crippen LogP contribution < -0.4 is 0 Å². The van der Waals surface area contributed by atoms with E-state index in [-0.39, 0.29) is 0 Å². The lowest BCUT2D eigenvalue weighted by Gasteiger charge is -2.12. The molecule has 17 heavy (non-hydrogen) atoms. The second-order valence-corrected chi connectivity index (χ2v) is 3.95. The number of aryl methyl sites for hydroxylation is 1. The van der Waals surface area contributed by atoms with E-state index in [1.165, 1.54) is 4.90 Å². The van der Waals surface area contributed by atoms with Gasteiger partial charge in [-0.3, -0.25) is 4.79 Å². The quantitative estimate of drug-likeness (QED) is 0.722. The number of carbonyl (C=O) groups is 1. The summed E-state index contributed by atoms with van der Waals surface area (Å²) in [6.45, 7) is 0.416. The molecule has 5 nitrogen and oxygen atoms in total. The lowest BCUT2D eigenvalue weighted by atomic mass is 10.2. The van der Waals surface area contributed by atoms with Crippen LogP contribution in [0, 0.1) is 11.3 Å². The number of rotatable bonds is 2. The van der Waals surface area contributed by atoms with Gasteiger partial charge in [-0.05, 0) is 17.7 Å². The Kier molecular flexibility index (Phi) is 2.79. The zero-order chi connectivity index (χ0) is 12.4. The van der Waals surface area contributed by atoms with E-state index < -0.39 is 5.91 Å². The summed E-state index contributed by atoms with van der Waals surface area (Å²) < 4.78 is 1.93. The number of nitriles is 1. The van der Waals surface area contributed by atoms with Crippen molar-refractivity contribution in [3.8, 4) is 6.07 Å². The third-order valence-corrected chi connectivity index (χ3v) is 2.65. The van der Waals surface area contributed by atoms with E-state index in [0.29, 0.717) is 6.54 Å². The van der Waals surface area contributed by atoms with Crippen LogP contribution in [-0.2, 0) is 18.4 Å². The van der Waals surface area contributed by atoms with Crippen molar-refractivity contribution in [1.29, 1.82) is 5.26 Å². The molecule has 0 saturated heterocycles. The predicted octanol–water partition coefficient (Wildman–Crippen LogP) is 1.06. The fourth-order valence-corrected chi connectivity index (χ4v) is 1.71. The summed E-state index contributed by atoms with van der Waals surface area (Å²) in [7, 11) is 3.54. The molecule has 0 aliphatic heterocycles. The molecule has 0 atom stereocenters. The van der Waals surface area contributed by atoms with E-state index in [2.05, 4.69) is 4.98 Å². The Bertz CT molecular complexity index is 608. The predicted molar refractivity (Wildman–Crippen MR) is 62.8 cm³/mol. The molecular formula is C12H12N4O. The maximum absolute atomic E-state index is 11.1. The maximum Gasteiger partial charge on any atom is 0.325 e. The minimum absolute atomic E-state index is 0.416.